The van der Waals surface area contributed by atoms with Crippen molar-refractivity contribution in [2.24, 2.45) is 0 Å². The normalized spacial score (nSPS) is 10.2. The summed E-state index contributed by atoms with van der Waals surface area (Å²) in [7, 11) is 0. The lowest BCUT2D eigenvalue weighted by Gasteiger charge is -2.04. The van der Waals surface area contributed by atoms with Crippen LogP contribution < -0.4 is 5.11 Å². The maximum atomic E-state index is 10.3. The molecule has 1 aromatic rings. The molecular formula is C12H15O3-. The van der Waals surface area contributed by atoms with Crippen molar-refractivity contribution >= 4 is 5.97 Å². The average molecular weight is 207 g/mol. The molecule has 15 heavy (non-hydrogen) atoms. The molecule has 0 amide bonds. The number of rotatable bonds is 6. The predicted octanol–water partition coefficient (Wildman–Crippen LogP) is 0.294. The van der Waals surface area contributed by atoms with Crippen molar-refractivity contribution in [3.8, 4) is 0 Å². The van der Waals surface area contributed by atoms with Crippen molar-refractivity contribution < 1.29 is 15.0 Å². The molecule has 1 rings (SSSR count). The lowest BCUT2D eigenvalue weighted by Crippen LogP contribution is -2.24. The van der Waals surface area contributed by atoms with E-state index in [4.69, 9.17) is 5.11 Å². The van der Waals surface area contributed by atoms with Crippen LogP contribution in [0.15, 0.2) is 24.3 Å². The monoisotopic (exact) mass is 207 g/mol. The number of carboxylic acids is 1. The molecule has 1 N–H and O–H groups in total. The van der Waals surface area contributed by atoms with Crippen LogP contribution >= 0.6 is 0 Å². The number of hydrogen-bond acceptors (Lipinski definition) is 3. The minimum Gasteiger partial charge on any atom is -0.550 e. The molecule has 0 bridgehead atoms. The molecule has 0 aliphatic rings. The Hall–Kier alpha value is -1.35. The van der Waals surface area contributed by atoms with Crippen molar-refractivity contribution in [1.82, 2.24) is 0 Å². The number of aliphatic hydroxyl groups excluding tert-OH is 1. The van der Waals surface area contributed by atoms with Crippen LogP contribution in [0.5, 0.6) is 0 Å². The highest BCUT2D eigenvalue weighted by Crippen LogP contribution is 2.08. The predicted molar refractivity (Wildman–Crippen MR) is 55.2 cm³/mol. The number of hydrogen-bond donors (Lipinski definition) is 1. The topological polar surface area (TPSA) is 60.4 Å². The molecule has 0 aliphatic heterocycles. The van der Waals surface area contributed by atoms with Gasteiger partial charge in [-0.05, 0) is 30.4 Å². The van der Waals surface area contributed by atoms with Crippen LogP contribution in [0.1, 0.15) is 24.0 Å². The lowest BCUT2D eigenvalue weighted by atomic mass is 10.0. The molecule has 0 unspecified atom stereocenters. The third-order valence-electron chi connectivity index (χ3n) is 2.24. The minimum absolute atomic E-state index is 0.0308. The Morgan fingerprint density at radius 2 is 1.73 bits per heavy atom. The second-order valence-electron chi connectivity index (χ2n) is 3.55. The second kappa shape index (κ2) is 6.19. The third kappa shape index (κ3) is 4.61. The van der Waals surface area contributed by atoms with Crippen LogP contribution in [-0.4, -0.2) is 17.7 Å². The van der Waals surface area contributed by atoms with Crippen LogP contribution in [0.25, 0.3) is 0 Å². The number of benzene rings is 1. The highest BCUT2D eigenvalue weighted by molar-refractivity contribution is 5.67. The van der Waals surface area contributed by atoms with Gasteiger partial charge in [0.15, 0.2) is 0 Å². The molecule has 0 spiro atoms. The maximum Gasteiger partial charge on any atom is 0.0458 e. The van der Waals surface area contributed by atoms with Crippen molar-refractivity contribution in [2.45, 2.75) is 25.7 Å². The van der Waals surface area contributed by atoms with E-state index in [1.807, 2.05) is 24.3 Å². The zero-order chi connectivity index (χ0) is 11.1. The Bertz CT molecular complexity index is 303. The first-order valence-corrected chi connectivity index (χ1v) is 5.11. The first kappa shape index (κ1) is 11.7. The number of carboxylic acid groups (broad SMARTS) is 1. The van der Waals surface area contributed by atoms with E-state index in [0.29, 0.717) is 0 Å². The summed E-state index contributed by atoms with van der Waals surface area (Å²) in [5, 5.41) is 18.9. The van der Waals surface area contributed by atoms with Gasteiger partial charge in [-0.15, -0.1) is 0 Å². The Kier molecular flexibility index (Phi) is 4.84. The third-order valence-corrected chi connectivity index (χ3v) is 2.24. The molecule has 0 atom stereocenters. The summed E-state index contributed by atoms with van der Waals surface area (Å²) >= 11 is 0. The highest BCUT2D eigenvalue weighted by atomic mass is 16.4. The fourth-order valence-corrected chi connectivity index (χ4v) is 1.43. The van der Waals surface area contributed by atoms with Gasteiger partial charge in [0.2, 0.25) is 0 Å². The number of aryl methyl sites for hydroxylation is 1. The fourth-order valence-electron chi connectivity index (χ4n) is 1.43. The summed E-state index contributed by atoms with van der Waals surface area (Å²) in [4.78, 5) is 10.3. The molecule has 1 aromatic carbocycles. The molecule has 3 heteroatoms. The van der Waals surface area contributed by atoms with Gasteiger partial charge in [-0.1, -0.05) is 24.3 Å². The van der Waals surface area contributed by atoms with Gasteiger partial charge >= 0.3 is 0 Å². The lowest BCUT2D eigenvalue weighted by molar-refractivity contribution is -0.304. The SMILES string of the molecule is O=C([O-])Cc1ccc(CCCCO)cc1. The largest absolute Gasteiger partial charge is 0.550 e. The van der Waals surface area contributed by atoms with E-state index in [1.165, 1.54) is 5.56 Å². The number of carbonyl (C=O) groups is 1. The van der Waals surface area contributed by atoms with Gasteiger partial charge in [-0.2, -0.15) is 0 Å². The van der Waals surface area contributed by atoms with Crippen LogP contribution in [0.3, 0.4) is 0 Å². The Morgan fingerprint density at radius 1 is 1.13 bits per heavy atom. The van der Waals surface area contributed by atoms with Gasteiger partial charge in [0.05, 0.1) is 0 Å². The molecule has 0 fully saturated rings. The molecule has 0 heterocycles. The number of unbranched alkanes of at least 4 members (excludes halogenated alkanes) is 1. The molecule has 82 valence electrons. The Morgan fingerprint density at radius 3 is 2.27 bits per heavy atom. The standard InChI is InChI=1S/C12H16O3/c13-8-2-1-3-10-4-6-11(7-5-10)9-12(14)15/h4-7,13H,1-3,8-9H2,(H,14,15)/p-1. The van der Waals surface area contributed by atoms with Gasteiger partial charge in [0.1, 0.15) is 0 Å². The highest BCUT2D eigenvalue weighted by Gasteiger charge is 1.95. The van der Waals surface area contributed by atoms with E-state index in [1.54, 1.807) is 0 Å². The first-order valence-electron chi connectivity index (χ1n) is 5.11. The zero-order valence-corrected chi connectivity index (χ0v) is 8.61. The van der Waals surface area contributed by atoms with Gasteiger partial charge < -0.3 is 15.0 Å². The molecule has 3 nitrogen and oxygen atoms in total. The molecular weight excluding hydrogens is 192 g/mol. The van der Waals surface area contributed by atoms with E-state index in [0.717, 1.165) is 24.8 Å². The van der Waals surface area contributed by atoms with Crippen LogP contribution in [0.4, 0.5) is 0 Å². The second-order valence-corrected chi connectivity index (χ2v) is 3.55. The van der Waals surface area contributed by atoms with Gasteiger partial charge in [-0.3, -0.25) is 0 Å². The van der Waals surface area contributed by atoms with Gasteiger partial charge in [0, 0.05) is 19.0 Å². The number of carbonyl (C=O) groups excluding carboxylic acids is 1. The molecule has 0 saturated heterocycles. The van der Waals surface area contributed by atoms with E-state index >= 15 is 0 Å². The van der Waals surface area contributed by atoms with Crippen molar-refractivity contribution in [3.05, 3.63) is 35.4 Å². The molecule has 0 saturated carbocycles. The first-order chi connectivity index (χ1) is 7.22. The summed E-state index contributed by atoms with van der Waals surface area (Å²) in [6.45, 7) is 0.225. The fraction of sp³-hybridized carbons (Fsp3) is 0.417. The summed E-state index contributed by atoms with van der Waals surface area (Å²) in [6.07, 6.45) is 2.65. The van der Waals surface area contributed by atoms with E-state index < -0.39 is 5.97 Å². The van der Waals surface area contributed by atoms with Crippen LogP contribution in [-0.2, 0) is 17.6 Å². The molecule has 0 radical (unpaired) electrons. The van der Waals surface area contributed by atoms with Gasteiger partial charge in [-0.25, -0.2) is 0 Å². The number of aliphatic hydroxyl groups is 1. The maximum absolute atomic E-state index is 10.3. The Labute approximate surface area is 89.4 Å². The molecule has 0 aromatic heterocycles. The van der Waals surface area contributed by atoms with Crippen LogP contribution in [0.2, 0.25) is 0 Å². The van der Waals surface area contributed by atoms with E-state index in [2.05, 4.69) is 0 Å². The summed E-state index contributed by atoms with van der Waals surface area (Å²) < 4.78 is 0. The minimum atomic E-state index is -1.05. The number of aliphatic carboxylic acids is 1. The average Bonchev–Trinajstić information content (AvgIpc) is 2.20. The van der Waals surface area contributed by atoms with Crippen LogP contribution in [0, 0.1) is 0 Å². The van der Waals surface area contributed by atoms with E-state index in [9.17, 15) is 9.90 Å². The quantitative estimate of drug-likeness (QED) is 0.682. The zero-order valence-electron chi connectivity index (χ0n) is 8.61. The van der Waals surface area contributed by atoms with Gasteiger partial charge in [0.25, 0.3) is 0 Å². The van der Waals surface area contributed by atoms with Crippen molar-refractivity contribution in [3.63, 3.8) is 0 Å². The summed E-state index contributed by atoms with van der Waals surface area (Å²) in [5.74, 6) is -1.05. The van der Waals surface area contributed by atoms with Crippen molar-refractivity contribution in [1.29, 1.82) is 0 Å². The smallest absolute Gasteiger partial charge is 0.0458 e. The van der Waals surface area contributed by atoms with E-state index in [-0.39, 0.29) is 13.0 Å². The molecule has 0 aliphatic carbocycles. The Balaban J connectivity index is 2.45. The van der Waals surface area contributed by atoms with Crippen molar-refractivity contribution in [2.75, 3.05) is 6.61 Å². The summed E-state index contributed by atoms with van der Waals surface area (Å²) in [6, 6.07) is 7.47. The summed E-state index contributed by atoms with van der Waals surface area (Å²) in [5.41, 5.74) is 1.94.